The molecule has 0 atom stereocenters. The molecule has 0 heterocycles. The highest BCUT2D eigenvalue weighted by Crippen LogP contribution is 2.13. The molecule has 0 radical (unpaired) electrons. The van der Waals surface area contributed by atoms with Crippen molar-refractivity contribution in [1.29, 1.82) is 0 Å². The number of rotatable bonds is 4. The SMILES string of the molecule is C1=CCC(N=Cc2cccc(C=NC3=CC=CC3)c2)=C1. The zero-order chi connectivity index (χ0) is 13.6. The third-order valence-corrected chi connectivity index (χ3v) is 3.17. The summed E-state index contributed by atoms with van der Waals surface area (Å²) in [7, 11) is 0. The van der Waals surface area contributed by atoms with E-state index in [-0.39, 0.29) is 0 Å². The molecule has 20 heavy (non-hydrogen) atoms. The molecule has 1 aromatic rings. The first-order chi connectivity index (χ1) is 9.90. The summed E-state index contributed by atoms with van der Waals surface area (Å²) in [6.07, 6.45) is 18.1. The highest BCUT2D eigenvalue weighted by atomic mass is 14.7. The van der Waals surface area contributed by atoms with Gasteiger partial charge in [0, 0.05) is 36.7 Å². The van der Waals surface area contributed by atoms with Crippen LogP contribution in [-0.2, 0) is 0 Å². The van der Waals surface area contributed by atoms with Crippen molar-refractivity contribution in [3.63, 3.8) is 0 Å². The van der Waals surface area contributed by atoms with Gasteiger partial charge in [-0.15, -0.1) is 0 Å². The van der Waals surface area contributed by atoms with E-state index in [0.717, 1.165) is 35.4 Å². The number of benzene rings is 1. The maximum absolute atomic E-state index is 4.48. The number of nitrogens with zero attached hydrogens (tertiary/aromatic N) is 2. The van der Waals surface area contributed by atoms with Gasteiger partial charge < -0.3 is 0 Å². The number of hydrogen-bond donors (Lipinski definition) is 0. The monoisotopic (exact) mass is 260 g/mol. The van der Waals surface area contributed by atoms with Crippen LogP contribution in [0.1, 0.15) is 24.0 Å². The third kappa shape index (κ3) is 3.29. The zero-order valence-corrected chi connectivity index (χ0v) is 11.2. The summed E-state index contributed by atoms with van der Waals surface area (Å²) < 4.78 is 0. The van der Waals surface area contributed by atoms with E-state index in [4.69, 9.17) is 0 Å². The van der Waals surface area contributed by atoms with Crippen molar-refractivity contribution in [1.82, 2.24) is 0 Å². The summed E-state index contributed by atoms with van der Waals surface area (Å²) >= 11 is 0. The maximum Gasteiger partial charge on any atom is 0.0441 e. The van der Waals surface area contributed by atoms with Crippen LogP contribution in [0.3, 0.4) is 0 Å². The van der Waals surface area contributed by atoms with Crippen molar-refractivity contribution < 1.29 is 0 Å². The molecule has 0 saturated heterocycles. The number of allylic oxidation sites excluding steroid dienone is 6. The van der Waals surface area contributed by atoms with Crippen molar-refractivity contribution in [2.45, 2.75) is 12.8 Å². The molecule has 0 aliphatic heterocycles. The molecule has 0 amide bonds. The Bertz CT molecular complexity index is 615. The van der Waals surface area contributed by atoms with Crippen LogP contribution in [0.25, 0.3) is 0 Å². The van der Waals surface area contributed by atoms with Gasteiger partial charge in [0.15, 0.2) is 0 Å². The Balaban J connectivity index is 1.69. The van der Waals surface area contributed by atoms with E-state index in [9.17, 15) is 0 Å². The third-order valence-electron chi connectivity index (χ3n) is 3.17. The molecule has 0 N–H and O–H groups in total. The van der Waals surface area contributed by atoms with Crippen LogP contribution in [0.2, 0.25) is 0 Å². The van der Waals surface area contributed by atoms with Crippen molar-refractivity contribution in [2.24, 2.45) is 9.98 Å². The molecular formula is C18H16N2. The number of aliphatic imine (C=N–C) groups is 2. The van der Waals surface area contributed by atoms with Gasteiger partial charge in [0.05, 0.1) is 0 Å². The van der Waals surface area contributed by atoms with E-state index in [0.29, 0.717) is 0 Å². The smallest absolute Gasteiger partial charge is 0.0441 e. The highest BCUT2D eigenvalue weighted by molar-refractivity contribution is 5.87. The molecule has 98 valence electrons. The molecule has 2 aliphatic carbocycles. The normalized spacial score (nSPS) is 17.4. The van der Waals surface area contributed by atoms with Gasteiger partial charge in [-0.1, -0.05) is 42.5 Å². The molecule has 3 rings (SSSR count). The maximum atomic E-state index is 4.48. The average molecular weight is 260 g/mol. The second kappa shape index (κ2) is 6.11. The Hall–Kier alpha value is -2.48. The molecule has 0 bridgehead atoms. The van der Waals surface area contributed by atoms with E-state index < -0.39 is 0 Å². The van der Waals surface area contributed by atoms with Gasteiger partial charge in [-0.25, -0.2) is 0 Å². The van der Waals surface area contributed by atoms with Crippen LogP contribution >= 0.6 is 0 Å². The van der Waals surface area contributed by atoms with E-state index in [1.165, 1.54) is 0 Å². The van der Waals surface area contributed by atoms with Crippen LogP contribution in [0.4, 0.5) is 0 Å². The first kappa shape index (κ1) is 12.5. The summed E-state index contributed by atoms with van der Waals surface area (Å²) in [6.45, 7) is 0. The minimum atomic E-state index is 0.929. The van der Waals surface area contributed by atoms with E-state index in [1.54, 1.807) is 0 Å². The second-order valence-corrected chi connectivity index (χ2v) is 4.77. The lowest BCUT2D eigenvalue weighted by molar-refractivity contribution is 1.20. The Morgan fingerprint density at radius 3 is 1.80 bits per heavy atom. The predicted molar refractivity (Wildman–Crippen MR) is 85.3 cm³/mol. The molecule has 2 nitrogen and oxygen atoms in total. The van der Waals surface area contributed by atoms with Crippen LogP contribution < -0.4 is 0 Å². The minimum absolute atomic E-state index is 0.929. The summed E-state index contributed by atoms with van der Waals surface area (Å²) in [5.41, 5.74) is 4.40. The van der Waals surface area contributed by atoms with E-state index in [2.05, 4.69) is 40.3 Å². The van der Waals surface area contributed by atoms with Crippen molar-refractivity contribution in [3.05, 3.63) is 83.2 Å². The standard InChI is InChI=1S/C18H16N2/c1-2-9-17(8-1)19-13-15-6-5-7-16(12-15)14-20-18-10-3-4-11-18/h1-8,10,12-14H,9,11H2. The Morgan fingerprint density at radius 1 is 0.800 bits per heavy atom. The lowest BCUT2D eigenvalue weighted by atomic mass is 10.1. The van der Waals surface area contributed by atoms with Crippen LogP contribution in [0.5, 0.6) is 0 Å². The highest BCUT2D eigenvalue weighted by Gasteiger charge is 1.97. The number of hydrogen-bond acceptors (Lipinski definition) is 2. The Labute approximate surface area is 119 Å². The topological polar surface area (TPSA) is 24.7 Å². The lowest BCUT2D eigenvalue weighted by Gasteiger charge is -1.97. The zero-order valence-electron chi connectivity index (χ0n) is 11.2. The molecule has 0 saturated carbocycles. The van der Waals surface area contributed by atoms with E-state index in [1.807, 2.05) is 42.8 Å². The fraction of sp³-hybridized carbons (Fsp3) is 0.111. The first-order valence-corrected chi connectivity index (χ1v) is 6.80. The van der Waals surface area contributed by atoms with Gasteiger partial charge in [-0.2, -0.15) is 0 Å². The predicted octanol–water partition coefficient (Wildman–Crippen LogP) is 4.21. The molecule has 1 aromatic carbocycles. The second-order valence-electron chi connectivity index (χ2n) is 4.77. The van der Waals surface area contributed by atoms with Gasteiger partial charge in [0.25, 0.3) is 0 Å². The molecular weight excluding hydrogens is 244 g/mol. The fourth-order valence-corrected chi connectivity index (χ4v) is 2.10. The molecule has 0 fully saturated rings. The quantitative estimate of drug-likeness (QED) is 0.724. The van der Waals surface area contributed by atoms with Gasteiger partial charge in [0.1, 0.15) is 0 Å². The first-order valence-electron chi connectivity index (χ1n) is 6.80. The van der Waals surface area contributed by atoms with Gasteiger partial charge in [0.2, 0.25) is 0 Å². The molecule has 2 heteroatoms. The van der Waals surface area contributed by atoms with Crippen LogP contribution in [0.15, 0.2) is 82.1 Å². The van der Waals surface area contributed by atoms with Gasteiger partial charge in [-0.05, 0) is 29.3 Å². The fourth-order valence-electron chi connectivity index (χ4n) is 2.10. The van der Waals surface area contributed by atoms with Crippen molar-refractivity contribution in [3.8, 4) is 0 Å². The van der Waals surface area contributed by atoms with Crippen molar-refractivity contribution >= 4 is 12.4 Å². The summed E-state index contributed by atoms with van der Waals surface area (Å²) in [5, 5.41) is 0. The van der Waals surface area contributed by atoms with E-state index >= 15 is 0 Å². The Kier molecular flexibility index (Phi) is 3.83. The lowest BCUT2D eigenvalue weighted by Crippen LogP contribution is -1.87. The molecule has 2 aliphatic rings. The van der Waals surface area contributed by atoms with Crippen LogP contribution in [0, 0.1) is 0 Å². The minimum Gasteiger partial charge on any atom is -0.260 e. The largest absolute Gasteiger partial charge is 0.260 e. The summed E-state index contributed by atoms with van der Waals surface area (Å²) in [4.78, 5) is 8.96. The molecule has 0 unspecified atom stereocenters. The Morgan fingerprint density at radius 2 is 1.35 bits per heavy atom. The summed E-state index contributed by atoms with van der Waals surface area (Å²) in [5.74, 6) is 0. The molecule has 0 spiro atoms. The van der Waals surface area contributed by atoms with Gasteiger partial charge in [-0.3, -0.25) is 9.98 Å². The van der Waals surface area contributed by atoms with Crippen LogP contribution in [-0.4, -0.2) is 12.4 Å². The van der Waals surface area contributed by atoms with Crippen molar-refractivity contribution in [2.75, 3.05) is 0 Å². The molecule has 0 aromatic heterocycles. The van der Waals surface area contributed by atoms with Gasteiger partial charge >= 0.3 is 0 Å². The average Bonchev–Trinajstić information content (AvgIpc) is 3.17. The summed E-state index contributed by atoms with van der Waals surface area (Å²) in [6, 6.07) is 8.24.